The van der Waals surface area contributed by atoms with E-state index in [0.29, 0.717) is 30.4 Å². The van der Waals surface area contributed by atoms with Crippen molar-refractivity contribution in [2.75, 3.05) is 44.0 Å². The van der Waals surface area contributed by atoms with Crippen LogP contribution in [0, 0.1) is 13.8 Å². The van der Waals surface area contributed by atoms with Crippen molar-refractivity contribution in [3.63, 3.8) is 0 Å². The lowest BCUT2D eigenvalue weighted by atomic mass is 10.1. The fraction of sp³-hybridized carbons (Fsp3) is 0.391. The highest BCUT2D eigenvalue weighted by Crippen LogP contribution is 2.30. The molecule has 1 unspecified atom stereocenters. The predicted octanol–water partition coefficient (Wildman–Crippen LogP) is 2.19. The van der Waals surface area contributed by atoms with Crippen LogP contribution in [-0.2, 0) is 9.59 Å². The molecule has 3 N–H and O–H groups in total. The van der Waals surface area contributed by atoms with Crippen LogP contribution in [0.1, 0.15) is 25.0 Å². The molecule has 2 rings (SSSR count). The van der Waals surface area contributed by atoms with Gasteiger partial charge in [0.25, 0.3) is 11.8 Å². The highest BCUT2D eigenvalue weighted by molar-refractivity contribution is 5.93. The van der Waals surface area contributed by atoms with Crippen molar-refractivity contribution < 1.29 is 24.0 Å². The molecular weight excluding hydrogens is 382 g/mol. The number of hydrogen-bond acceptors (Lipinski definition) is 4. The zero-order valence-corrected chi connectivity index (χ0v) is 18.4. The van der Waals surface area contributed by atoms with Crippen LogP contribution >= 0.6 is 0 Å². The molecule has 2 amide bonds. The molecule has 2 aromatic carbocycles. The first kappa shape index (κ1) is 23.2. The lowest BCUT2D eigenvalue weighted by Gasteiger charge is -2.16. The number of carbonyl (C=O) groups excluding carboxylic acids is 2. The van der Waals surface area contributed by atoms with Crippen LogP contribution in [0.3, 0.4) is 0 Å². The number of ether oxygens (including phenoxy) is 2. The van der Waals surface area contributed by atoms with Gasteiger partial charge >= 0.3 is 0 Å². The summed E-state index contributed by atoms with van der Waals surface area (Å²) >= 11 is 0. The minimum atomic E-state index is -0.182. The average Bonchev–Trinajstić information content (AvgIpc) is 2.66. The monoisotopic (exact) mass is 414 g/mol. The quantitative estimate of drug-likeness (QED) is 0.557. The molecule has 0 heterocycles. The maximum atomic E-state index is 12.4. The van der Waals surface area contributed by atoms with Crippen LogP contribution in [0.15, 0.2) is 36.4 Å². The SMILES string of the molecule is CCOc1ccc(NC(=O)C[NH+](C)CC(=O)Nc2cc(C)ccc2C)cc1OCC. The normalized spacial score (nSPS) is 11.5. The summed E-state index contributed by atoms with van der Waals surface area (Å²) in [5, 5.41) is 5.78. The summed E-state index contributed by atoms with van der Waals surface area (Å²) in [7, 11) is 1.81. The van der Waals surface area contributed by atoms with Gasteiger partial charge in [0.15, 0.2) is 24.6 Å². The summed E-state index contributed by atoms with van der Waals surface area (Å²) in [6.07, 6.45) is 0. The van der Waals surface area contributed by atoms with Gasteiger partial charge in [-0.15, -0.1) is 0 Å². The summed E-state index contributed by atoms with van der Waals surface area (Å²) in [5.41, 5.74) is 3.51. The van der Waals surface area contributed by atoms with Gasteiger partial charge in [-0.2, -0.15) is 0 Å². The first-order valence-corrected chi connectivity index (χ1v) is 10.2. The van der Waals surface area contributed by atoms with E-state index >= 15 is 0 Å². The molecule has 1 atom stereocenters. The molecule has 0 aliphatic carbocycles. The molecule has 30 heavy (non-hydrogen) atoms. The smallest absolute Gasteiger partial charge is 0.279 e. The molecule has 0 fully saturated rings. The zero-order chi connectivity index (χ0) is 22.1. The molecule has 0 aliphatic rings. The van der Waals surface area contributed by atoms with Gasteiger partial charge in [-0.3, -0.25) is 9.59 Å². The largest absolute Gasteiger partial charge is 0.490 e. The van der Waals surface area contributed by atoms with E-state index in [1.165, 1.54) is 0 Å². The van der Waals surface area contributed by atoms with E-state index in [4.69, 9.17) is 9.47 Å². The molecule has 7 nitrogen and oxygen atoms in total. The standard InChI is InChI=1S/C23H31N3O4/c1-6-29-20-11-10-18(13-21(20)30-7-2)24-22(27)14-26(5)15-23(28)25-19-12-16(3)8-9-17(19)4/h8-13H,6-7,14-15H2,1-5H3,(H,24,27)(H,25,28)/p+1. The number of rotatable bonds is 10. The van der Waals surface area contributed by atoms with Crippen LogP contribution in [0.4, 0.5) is 11.4 Å². The van der Waals surface area contributed by atoms with Crippen LogP contribution in [0.2, 0.25) is 0 Å². The number of nitrogens with one attached hydrogen (secondary N) is 3. The second kappa shape index (κ2) is 11.2. The highest BCUT2D eigenvalue weighted by Gasteiger charge is 2.16. The Balaban J connectivity index is 1.90. The van der Waals surface area contributed by atoms with Gasteiger partial charge in [0, 0.05) is 17.4 Å². The van der Waals surface area contributed by atoms with Gasteiger partial charge in [0.2, 0.25) is 0 Å². The third-order valence-corrected chi connectivity index (χ3v) is 4.42. The Morgan fingerprint density at radius 1 is 0.867 bits per heavy atom. The van der Waals surface area contributed by atoms with Gasteiger partial charge in [0.05, 0.1) is 20.3 Å². The summed E-state index contributed by atoms with van der Waals surface area (Å²) in [5.74, 6) is 0.918. The van der Waals surface area contributed by atoms with E-state index in [9.17, 15) is 9.59 Å². The van der Waals surface area contributed by atoms with Gasteiger partial charge in [-0.1, -0.05) is 12.1 Å². The molecule has 7 heteroatoms. The third kappa shape index (κ3) is 7.08. The molecule has 0 aliphatic heterocycles. The van der Waals surface area contributed by atoms with Crippen LogP contribution in [-0.4, -0.2) is 45.2 Å². The minimum Gasteiger partial charge on any atom is -0.490 e. The molecule has 162 valence electrons. The molecule has 0 aromatic heterocycles. The van der Waals surface area contributed by atoms with Gasteiger partial charge in [0.1, 0.15) is 0 Å². The minimum absolute atomic E-state index is 0.131. The van der Waals surface area contributed by atoms with Crippen molar-refractivity contribution in [1.82, 2.24) is 0 Å². The van der Waals surface area contributed by atoms with Gasteiger partial charge in [-0.25, -0.2) is 0 Å². The van der Waals surface area contributed by atoms with Crippen molar-refractivity contribution in [3.8, 4) is 11.5 Å². The Labute approximate surface area is 178 Å². The second-order valence-electron chi connectivity index (χ2n) is 7.25. The molecule has 0 saturated carbocycles. The third-order valence-electron chi connectivity index (χ3n) is 4.42. The van der Waals surface area contributed by atoms with E-state index in [-0.39, 0.29) is 24.9 Å². The zero-order valence-electron chi connectivity index (χ0n) is 18.4. The number of anilines is 2. The summed E-state index contributed by atoms with van der Waals surface area (Å²) in [4.78, 5) is 25.5. The molecule has 2 aromatic rings. The Morgan fingerprint density at radius 2 is 1.50 bits per heavy atom. The van der Waals surface area contributed by atoms with Crippen molar-refractivity contribution in [2.45, 2.75) is 27.7 Å². The number of amides is 2. The maximum Gasteiger partial charge on any atom is 0.279 e. The van der Waals surface area contributed by atoms with Gasteiger partial charge in [-0.05, 0) is 57.0 Å². The van der Waals surface area contributed by atoms with Crippen molar-refractivity contribution in [1.29, 1.82) is 0 Å². The molecule has 0 saturated heterocycles. The van der Waals surface area contributed by atoms with E-state index < -0.39 is 0 Å². The predicted molar refractivity (Wildman–Crippen MR) is 119 cm³/mol. The summed E-state index contributed by atoms with van der Waals surface area (Å²) in [6.45, 7) is 9.11. The van der Waals surface area contributed by atoms with E-state index in [2.05, 4.69) is 10.6 Å². The number of hydrogen-bond donors (Lipinski definition) is 3. The van der Waals surface area contributed by atoms with Crippen LogP contribution in [0.5, 0.6) is 11.5 Å². The number of quaternary nitrogens is 1. The van der Waals surface area contributed by atoms with Crippen LogP contribution in [0.25, 0.3) is 0 Å². The van der Waals surface area contributed by atoms with Crippen molar-refractivity contribution >= 4 is 23.2 Å². The lowest BCUT2D eigenvalue weighted by molar-refractivity contribution is -0.862. The van der Waals surface area contributed by atoms with E-state index in [1.807, 2.05) is 52.9 Å². The number of carbonyl (C=O) groups is 2. The van der Waals surface area contributed by atoms with E-state index in [1.54, 1.807) is 18.2 Å². The first-order chi connectivity index (χ1) is 14.3. The fourth-order valence-electron chi connectivity index (χ4n) is 3.01. The lowest BCUT2D eigenvalue weighted by Crippen LogP contribution is -3.11. The molecular formula is C23H32N3O4+. The van der Waals surface area contributed by atoms with Crippen molar-refractivity contribution in [2.24, 2.45) is 0 Å². The maximum absolute atomic E-state index is 12.4. The first-order valence-electron chi connectivity index (χ1n) is 10.2. The van der Waals surface area contributed by atoms with Gasteiger partial charge < -0.3 is 25.0 Å². The average molecular weight is 415 g/mol. The second-order valence-corrected chi connectivity index (χ2v) is 7.25. The summed E-state index contributed by atoms with van der Waals surface area (Å²) < 4.78 is 11.1. The number of benzene rings is 2. The molecule has 0 radical (unpaired) electrons. The molecule has 0 spiro atoms. The Morgan fingerprint density at radius 3 is 2.17 bits per heavy atom. The number of aryl methyl sites for hydroxylation is 2. The molecule has 0 bridgehead atoms. The van der Waals surface area contributed by atoms with Crippen molar-refractivity contribution in [3.05, 3.63) is 47.5 Å². The van der Waals surface area contributed by atoms with Crippen LogP contribution < -0.4 is 25.0 Å². The Bertz CT molecular complexity index is 883. The Kier molecular flexibility index (Phi) is 8.68. The Hall–Kier alpha value is -3.06. The topological polar surface area (TPSA) is 81.1 Å². The fourth-order valence-corrected chi connectivity index (χ4v) is 3.01. The number of likely N-dealkylation sites (N-methyl/N-ethyl adjacent to an activating group) is 1. The summed E-state index contributed by atoms with van der Waals surface area (Å²) in [6, 6.07) is 11.2. The van der Waals surface area contributed by atoms with E-state index in [0.717, 1.165) is 21.7 Å². The highest BCUT2D eigenvalue weighted by atomic mass is 16.5.